The summed E-state index contributed by atoms with van der Waals surface area (Å²) >= 11 is 0. The van der Waals surface area contributed by atoms with Crippen molar-refractivity contribution in [3.63, 3.8) is 0 Å². The van der Waals surface area contributed by atoms with Crippen molar-refractivity contribution in [1.29, 1.82) is 0 Å². The van der Waals surface area contributed by atoms with Crippen molar-refractivity contribution >= 4 is 17.7 Å². The van der Waals surface area contributed by atoms with Gasteiger partial charge in [0.2, 0.25) is 0 Å². The van der Waals surface area contributed by atoms with E-state index in [1.54, 1.807) is 13.0 Å². The fraction of sp³-hybridized carbons (Fsp3) is 0.250. The Labute approximate surface area is 104 Å². The second-order valence-corrected chi connectivity index (χ2v) is 3.39. The zero-order chi connectivity index (χ0) is 13.5. The maximum Gasteiger partial charge on any atom is 0.330 e. The molecule has 0 unspecified atom stereocenters. The van der Waals surface area contributed by atoms with Crippen LogP contribution in [0.2, 0.25) is 0 Å². The van der Waals surface area contributed by atoms with Gasteiger partial charge in [-0.1, -0.05) is 6.07 Å². The van der Waals surface area contributed by atoms with E-state index in [9.17, 15) is 14.9 Å². The minimum atomic E-state index is -0.576. The lowest BCUT2D eigenvalue weighted by molar-refractivity contribution is -0.385. The number of nitro benzene ring substituents is 1. The number of nitro groups is 1. The maximum atomic E-state index is 11.1. The summed E-state index contributed by atoms with van der Waals surface area (Å²) in [5, 5.41) is 19.7. The molecule has 1 rings (SSSR count). The Balaban J connectivity index is 2.95. The highest BCUT2D eigenvalue weighted by molar-refractivity contribution is 5.87. The van der Waals surface area contributed by atoms with Gasteiger partial charge in [0, 0.05) is 12.1 Å². The number of aliphatic hydroxyl groups excluding tert-OH is 1. The fourth-order valence-electron chi connectivity index (χ4n) is 1.34. The minimum Gasteiger partial charge on any atom is -0.463 e. The Morgan fingerprint density at radius 1 is 1.56 bits per heavy atom. The first kappa shape index (κ1) is 13.9. The van der Waals surface area contributed by atoms with Crippen LogP contribution in [0.3, 0.4) is 0 Å². The summed E-state index contributed by atoms with van der Waals surface area (Å²) in [5.41, 5.74) is 0.545. The number of esters is 1. The summed E-state index contributed by atoms with van der Waals surface area (Å²) in [5.74, 6) is -0.508. The number of carbonyl (C=O) groups is 1. The molecule has 0 amide bonds. The zero-order valence-corrected chi connectivity index (χ0v) is 9.83. The van der Waals surface area contributed by atoms with Crippen molar-refractivity contribution < 1.29 is 19.6 Å². The minimum absolute atomic E-state index is 0.177. The van der Waals surface area contributed by atoms with Crippen LogP contribution in [0, 0.1) is 10.1 Å². The van der Waals surface area contributed by atoms with Crippen LogP contribution < -0.4 is 0 Å². The summed E-state index contributed by atoms with van der Waals surface area (Å²) in [6, 6.07) is 4.32. The topological polar surface area (TPSA) is 89.7 Å². The summed E-state index contributed by atoms with van der Waals surface area (Å²) < 4.78 is 4.69. The molecule has 0 aliphatic heterocycles. The number of nitrogens with zero attached hydrogens (tertiary/aromatic N) is 1. The molecule has 0 saturated heterocycles. The molecule has 6 nitrogen and oxygen atoms in total. The number of benzene rings is 1. The van der Waals surface area contributed by atoms with Crippen LogP contribution in [-0.2, 0) is 16.1 Å². The van der Waals surface area contributed by atoms with Crippen LogP contribution in [0.5, 0.6) is 0 Å². The average Bonchev–Trinajstić information content (AvgIpc) is 2.36. The van der Waals surface area contributed by atoms with Crippen molar-refractivity contribution in [2.24, 2.45) is 0 Å². The van der Waals surface area contributed by atoms with E-state index in [0.717, 1.165) is 0 Å². The van der Waals surface area contributed by atoms with Gasteiger partial charge < -0.3 is 9.84 Å². The standard InChI is InChI=1S/C12H13NO5/c1-2-18-12(15)6-4-9-3-5-10(8-14)11(7-9)13(16)17/h3-7,14H,2,8H2,1H3. The lowest BCUT2D eigenvalue weighted by Crippen LogP contribution is -1.99. The summed E-state index contributed by atoms with van der Waals surface area (Å²) in [4.78, 5) is 21.3. The van der Waals surface area contributed by atoms with Crippen molar-refractivity contribution in [3.8, 4) is 0 Å². The number of aliphatic hydroxyl groups is 1. The molecular formula is C12H13NO5. The van der Waals surface area contributed by atoms with Crippen molar-refractivity contribution in [3.05, 3.63) is 45.5 Å². The summed E-state index contributed by atoms with van der Waals surface area (Å²) in [7, 11) is 0. The largest absolute Gasteiger partial charge is 0.463 e. The SMILES string of the molecule is CCOC(=O)C=Cc1ccc(CO)c([N+](=O)[O-])c1. The molecule has 0 spiro atoms. The molecule has 0 aromatic heterocycles. The van der Waals surface area contributed by atoms with Gasteiger partial charge in [-0.2, -0.15) is 0 Å². The molecule has 0 bridgehead atoms. The van der Waals surface area contributed by atoms with E-state index in [2.05, 4.69) is 4.74 Å². The van der Waals surface area contributed by atoms with Gasteiger partial charge in [-0.25, -0.2) is 4.79 Å². The molecule has 1 aromatic carbocycles. The number of rotatable bonds is 5. The van der Waals surface area contributed by atoms with Gasteiger partial charge in [-0.05, 0) is 24.6 Å². The molecule has 1 N–H and O–H groups in total. The van der Waals surface area contributed by atoms with Gasteiger partial charge in [0.25, 0.3) is 5.69 Å². The summed E-state index contributed by atoms with van der Waals surface area (Å²) in [6.07, 6.45) is 2.62. The fourth-order valence-corrected chi connectivity index (χ4v) is 1.34. The predicted octanol–water partition coefficient (Wildman–Crippen LogP) is 1.66. The first-order valence-corrected chi connectivity index (χ1v) is 5.31. The van der Waals surface area contributed by atoms with Gasteiger partial charge in [-0.15, -0.1) is 0 Å². The van der Waals surface area contributed by atoms with Gasteiger partial charge in [0.1, 0.15) is 0 Å². The maximum absolute atomic E-state index is 11.1. The smallest absolute Gasteiger partial charge is 0.330 e. The predicted molar refractivity (Wildman–Crippen MR) is 64.7 cm³/mol. The Hall–Kier alpha value is -2.21. The molecule has 0 radical (unpaired) electrons. The molecule has 1 aromatic rings. The lowest BCUT2D eigenvalue weighted by Gasteiger charge is -2.00. The monoisotopic (exact) mass is 251 g/mol. The highest BCUT2D eigenvalue weighted by Gasteiger charge is 2.12. The zero-order valence-electron chi connectivity index (χ0n) is 9.83. The van der Waals surface area contributed by atoms with E-state index in [1.165, 1.54) is 24.3 Å². The normalized spacial score (nSPS) is 10.6. The highest BCUT2D eigenvalue weighted by Crippen LogP contribution is 2.21. The van der Waals surface area contributed by atoms with Crippen LogP contribution in [0.4, 0.5) is 5.69 Å². The van der Waals surface area contributed by atoms with Crippen LogP contribution in [-0.4, -0.2) is 22.6 Å². The van der Waals surface area contributed by atoms with Gasteiger partial charge in [0.05, 0.1) is 23.7 Å². The molecule has 6 heteroatoms. The van der Waals surface area contributed by atoms with Crippen molar-refractivity contribution in [2.45, 2.75) is 13.5 Å². The Kier molecular flexibility index (Phi) is 5.01. The molecule has 0 fully saturated rings. The molecule has 96 valence electrons. The summed E-state index contributed by atoms with van der Waals surface area (Å²) in [6.45, 7) is 1.55. The van der Waals surface area contributed by atoms with Crippen molar-refractivity contribution in [2.75, 3.05) is 6.61 Å². The second-order valence-electron chi connectivity index (χ2n) is 3.39. The van der Waals surface area contributed by atoms with E-state index in [4.69, 9.17) is 5.11 Å². The molecule has 0 aliphatic carbocycles. The van der Waals surface area contributed by atoms with Gasteiger partial charge in [-0.3, -0.25) is 10.1 Å². The second kappa shape index (κ2) is 6.51. The third-order valence-electron chi connectivity index (χ3n) is 2.17. The molecule has 0 atom stereocenters. The third kappa shape index (κ3) is 3.67. The number of hydrogen-bond acceptors (Lipinski definition) is 5. The van der Waals surface area contributed by atoms with E-state index in [-0.39, 0.29) is 17.9 Å². The van der Waals surface area contributed by atoms with Crippen LogP contribution >= 0.6 is 0 Å². The van der Waals surface area contributed by atoms with E-state index in [0.29, 0.717) is 5.56 Å². The number of ether oxygens (including phenoxy) is 1. The Morgan fingerprint density at radius 3 is 2.83 bits per heavy atom. The van der Waals surface area contributed by atoms with E-state index in [1.807, 2.05) is 0 Å². The van der Waals surface area contributed by atoms with E-state index < -0.39 is 17.5 Å². The highest BCUT2D eigenvalue weighted by atomic mass is 16.6. The van der Waals surface area contributed by atoms with Gasteiger partial charge >= 0.3 is 5.97 Å². The van der Waals surface area contributed by atoms with E-state index >= 15 is 0 Å². The van der Waals surface area contributed by atoms with Crippen LogP contribution in [0.15, 0.2) is 24.3 Å². The quantitative estimate of drug-likeness (QED) is 0.372. The third-order valence-corrected chi connectivity index (χ3v) is 2.17. The number of hydrogen-bond donors (Lipinski definition) is 1. The molecular weight excluding hydrogens is 238 g/mol. The number of carbonyl (C=O) groups excluding carboxylic acids is 1. The van der Waals surface area contributed by atoms with Gasteiger partial charge in [0.15, 0.2) is 0 Å². The lowest BCUT2D eigenvalue weighted by atomic mass is 10.1. The van der Waals surface area contributed by atoms with Crippen LogP contribution in [0.1, 0.15) is 18.1 Å². The van der Waals surface area contributed by atoms with Crippen molar-refractivity contribution in [1.82, 2.24) is 0 Å². The first-order valence-electron chi connectivity index (χ1n) is 5.31. The average molecular weight is 251 g/mol. The first-order chi connectivity index (χ1) is 8.58. The Bertz CT molecular complexity index is 481. The molecule has 0 heterocycles. The Morgan fingerprint density at radius 2 is 2.28 bits per heavy atom. The molecule has 0 saturated carbocycles. The van der Waals surface area contributed by atoms with Crippen LogP contribution in [0.25, 0.3) is 6.08 Å². The molecule has 18 heavy (non-hydrogen) atoms. The molecule has 0 aliphatic rings.